The van der Waals surface area contributed by atoms with Gasteiger partial charge < -0.3 is 4.90 Å². The number of amides is 1. The van der Waals surface area contributed by atoms with Crippen LogP contribution in [0.3, 0.4) is 0 Å². The lowest BCUT2D eigenvalue weighted by Gasteiger charge is -2.15. The Hall–Kier alpha value is -3.02. The maximum absolute atomic E-state index is 13.9. The standard InChI is InChI=1S/C20H17F2N3O/c21-16-6-7-19(17(22)12-16)25-11-9-18(23-25)20(26)24-10-8-15(13-24)14-4-2-1-3-5-14/h1-7,9,11-12,15H,8,10,13H2. The summed E-state index contributed by atoms with van der Waals surface area (Å²) in [6.45, 7) is 1.30. The monoisotopic (exact) mass is 353 g/mol. The van der Waals surface area contributed by atoms with Crippen molar-refractivity contribution in [1.29, 1.82) is 0 Å². The van der Waals surface area contributed by atoms with Crippen LogP contribution in [-0.2, 0) is 0 Å². The van der Waals surface area contributed by atoms with Crippen molar-refractivity contribution in [1.82, 2.24) is 14.7 Å². The van der Waals surface area contributed by atoms with Gasteiger partial charge in [0.25, 0.3) is 5.91 Å². The number of likely N-dealkylation sites (tertiary alicyclic amines) is 1. The van der Waals surface area contributed by atoms with Crippen molar-refractivity contribution in [3.05, 3.63) is 83.7 Å². The molecule has 1 aliphatic heterocycles. The molecule has 1 fully saturated rings. The van der Waals surface area contributed by atoms with E-state index in [4.69, 9.17) is 0 Å². The zero-order valence-corrected chi connectivity index (χ0v) is 14.0. The van der Waals surface area contributed by atoms with Crippen LogP contribution in [0.2, 0.25) is 0 Å². The lowest BCUT2D eigenvalue weighted by atomic mass is 9.99. The smallest absolute Gasteiger partial charge is 0.274 e. The molecule has 1 amide bonds. The van der Waals surface area contributed by atoms with Crippen LogP contribution in [0, 0.1) is 11.6 Å². The molecule has 26 heavy (non-hydrogen) atoms. The number of carbonyl (C=O) groups is 1. The van der Waals surface area contributed by atoms with Gasteiger partial charge in [-0.3, -0.25) is 4.79 Å². The highest BCUT2D eigenvalue weighted by Gasteiger charge is 2.29. The molecular weight excluding hydrogens is 336 g/mol. The Balaban J connectivity index is 1.50. The van der Waals surface area contributed by atoms with Crippen molar-refractivity contribution in [2.24, 2.45) is 0 Å². The van der Waals surface area contributed by atoms with Gasteiger partial charge in [0.2, 0.25) is 0 Å². The van der Waals surface area contributed by atoms with Crippen LogP contribution in [0.15, 0.2) is 60.8 Å². The summed E-state index contributed by atoms with van der Waals surface area (Å²) >= 11 is 0. The third kappa shape index (κ3) is 3.10. The molecule has 1 atom stereocenters. The minimum Gasteiger partial charge on any atom is -0.337 e. The minimum absolute atomic E-state index is 0.106. The fourth-order valence-electron chi connectivity index (χ4n) is 3.34. The van der Waals surface area contributed by atoms with Crippen LogP contribution in [0.25, 0.3) is 5.69 Å². The number of hydrogen-bond donors (Lipinski definition) is 0. The van der Waals surface area contributed by atoms with Crippen LogP contribution in [0.1, 0.15) is 28.4 Å². The van der Waals surface area contributed by atoms with Gasteiger partial charge in [0.1, 0.15) is 11.5 Å². The van der Waals surface area contributed by atoms with Gasteiger partial charge in [-0.2, -0.15) is 5.10 Å². The van der Waals surface area contributed by atoms with Crippen LogP contribution >= 0.6 is 0 Å². The van der Waals surface area contributed by atoms with Gasteiger partial charge in [0.15, 0.2) is 11.5 Å². The zero-order valence-electron chi connectivity index (χ0n) is 14.0. The third-order valence-electron chi connectivity index (χ3n) is 4.71. The molecule has 1 aliphatic rings. The summed E-state index contributed by atoms with van der Waals surface area (Å²) in [5.74, 6) is -1.24. The molecule has 132 valence electrons. The fourth-order valence-corrected chi connectivity index (χ4v) is 3.34. The Labute approximate surface area is 149 Å². The molecule has 2 heterocycles. The number of nitrogens with zero attached hydrogens (tertiary/aromatic N) is 3. The molecule has 0 radical (unpaired) electrons. The Kier molecular flexibility index (Phi) is 4.24. The largest absolute Gasteiger partial charge is 0.337 e. The van der Waals surface area contributed by atoms with Crippen molar-refractivity contribution < 1.29 is 13.6 Å². The minimum atomic E-state index is -0.725. The molecule has 4 nitrogen and oxygen atoms in total. The lowest BCUT2D eigenvalue weighted by molar-refractivity contribution is 0.0784. The number of benzene rings is 2. The average molecular weight is 353 g/mol. The van der Waals surface area contributed by atoms with Crippen LogP contribution in [-0.4, -0.2) is 33.7 Å². The maximum atomic E-state index is 13.9. The number of carbonyl (C=O) groups excluding carboxylic acids is 1. The molecule has 0 saturated carbocycles. The Morgan fingerprint density at radius 3 is 2.65 bits per heavy atom. The molecule has 1 saturated heterocycles. The van der Waals surface area contributed by atoms with Crippen molar-refractivity contribution in [2.75, 3.05) is 13.1 Å². The Morgan fingerprint density at radius 2 is 1.88 bits per heavy atom. The fraction of sp³-hybridized carbons (Fsp3) is 0.200. The predicted octanol–water partition coefficient (Wildman–Crippen LogP) is 3.78. The normalized spacial score (nSPS) is 16.8. The van der Waals surface area contributed by atoms with E-state index < -0.39 is 11.6 Å². The maximum Gasteiger partial charge on any atom is 0.274 e. The summed E-state index contributed by atoms with van der Waals surface area (Å²) in [5, 5.41) is 4.18. The van der Waals surface area contributed by atoms with Gasteiger partial charge in [-0.25, -0.2) is 13.5 Å². The zero-order chi connectivity index (χ0) is 18.1. The molecule has 4 rings (SSSR count). The van der Waals surface area contributed by atoms with Crippen LogP contribution < -0.4 is 0 Å². The number of halogens is 2. The first-order chi connectivity index (χ1) is 12.6. The van der Waals surface area contributed by atoms with E-state index in [9.17, 15) is 13.6 Å². The van der Waals surface area contributed by atoms with Crippen molar-refractivity contribution in [3.8, 4) is 5.69 Å². The molecule has 6 heteroatoms. The molecule has 0 bridgehead atoms. The molecular formula is C20H17F2N3O. The Bertz CT molecular complexity index is 939. The summed E-state index contributed by atoms with van der Waals surface area (Å²) in [7, 11) is 0. The van der Waals surface area contributed by atoms with Crippen molar-refractivity contribution in [2.45, 2.75) is 12.3 Å². The molecule has 1 unspecified atom stereocenters. The summed E-state index contributed by atoms with van der Waals surface area (Å²) in [6, 6.07) is 14.9. The predicted molar refractivity (Wildman–Crippen MR) is 93.2 cm³/mol. The molecule has 3 aromatic rings. The lowest BCUT2D eigenvalue weighted by Crippen LogP contribution is -2.29. The summed E-state index contributed by atoms with van der Waals surface area (Å²) in [5.41, 5.74) is 1.58. The molecule has 0 N–H and O–H groups in total. The van der Waals surface area contributed by atoms with Gasteiger partial charge in [-0.15, -0.1) is 0 Å². The molecule has 0 aliphatic carbocycles. The van der Waals surface area contributed by atoms with E-state index in [-0.39, 0.29) is 17.3 Å². The first-order valence-electron chi connectivity index (χ1n) is 8.47. The summed E-state index contributed by atoms with van der Waals surface area (Å²) in [4.78, 5) is 14.5. The van der Waals surface area contributed by atoms with Crippen LogP contribution in [0.5, 0.6) is 0 Å². The second-order valence-corrected chi connectivity index (χ2v) is 6.39. The first-order valence-corrected chi connectivity index (χ1v) is 8.47. The summed E-state index contributed by atoms with van der Waals surface area (Å²) < 4.78 is 28.2. The third-order valence-corrected chi connectivity index (χ3v) is 4.71. The molecule has 0 spiro atoms. The second kappa shape index (κ2) is 6.71. The van der Waals surface area contributed by atoms with Gasteiger partial charge in [0.05, 0.1) is 0 Å². The van der Waals surface area contributed by atoms with Crippen molar-refractivity contribution in [3.63, 3.8) is 0 Å². The van der Waals surface area contributed by atoms with Crippen LogP contribution in [0.4, 0.5) is 8.78 Å². The van der Waals surface area contributed by atoms with Crippen molar-refractivity contribution >= 4 is 5.91 Å². The second-order valence-electron chi connectivity index (χ2n) is 6.39. The number of aromatic nitrogens is 2. The topological polar surface area (TPSA) is 38.1 Å². The highest BCUT2D eigenvalue weighted by Crippen LogP contribution is 2.27. The average Bonchev–Trinajstić information content (AvgIpc) is 3.32. The SMILES string of the molecule is O=C(c1ccn(-c2ccc(F)cc2F)n1)N1CCC(c2ccccc2)C1. The Morgan fingerprint density at radius 1 is 1.08 bits per heavy atom. The van der Waals surface area contributed by atoms with E-state index >= 15 is 0 Å². The van der Waals surface area contributed by atoms with E-state index in [2.05, 4.69) is 17.2 Å². The number of rotatable bonds is 3. The number of hydrogen-bond acceptors (Lipinski definition) is 2. The van der Waals surface area contributed by atoms with Gasteiger partial charge in [-0.1, -0.05) is 30.3 Å². The van der Waals surface area contributed by atoms with E-state index in [1.54, 1.807) is 11.0 Å². The quantitative estimate of drug-likeness (QED) is 0.719. The highest BCUT2D eigenvalue weighted by molar-refractivity contribution is 5.92. The van der Waals surface area contributed by atoms with E-state index in [1.165, 1.54) is 22.5 Å². The highest BCUT2D eigenvalue weighted by atomic mass is 19.1. The van der Waals surface area contributed by atoms with E-state index in [0.29, 0.717) is 19.0 Å². The molecule has 2 aromatic carbocycles. The summed E-state index contributed by atoms with van der Waals surface area (Å²) in [6.07, 6.45) is 2.41. The van der Waals surface area contributed by atoms with Gasteiger partial charge in [0, 0.05) is 31.3 Å². The first kappa shape index (κ1) is 16.4. The van der Waals surface area contributed by atoms with Gasteiger partial charge in [-0.05, 0) is 30.2 Å². The van der Waals surface area contributed by atoms with E-state index in [0.717, 1.165) is 18.6 Å². The molecule has 1 aromatic heterocycles. The van der Waals surface area contributed by atoms with E-state index in [1.807, 2.05) is 18.2 Å². The van der Waals surface area contributed by atoms with Gasteiger partial charge >= 0.3 is 0 Å².